The van der Waals surface area contributed by atoms with Gasteiger partial charge in [0.05, 0.1) is 11.3 Å². The van der Waals surface area contributed by atoms with E-state index in [0.717, 1.165) is 35.0 Å². The van der Waals surface area contributed by atoms with Gasteiger partial charge in [-0.25, -0.2) is 0 Å². The lowest BCUT2D eigenvalue weighted by Crippen LogP contribution is -2.07. The van der Waals surface area contributed by atoms with Crippen LogP contribution in [0.1, 0.15) is 16.7 Å². The molecule has 2 aromatic rings. The summed E-state index contributed by atoms with van der Waals surface area (Å²) in [7, 11) is -4.36. The van der Waals surface area contributed by atoms with E-state index in [1.54, 1.807) is 6.08 Å². The molecule has 0 aromatic heterocycles. The zero-order valence-electron chi connectivity index (χ0n) is 15.0. The van der Waals surface area contributed by atoms with E-state index in [0.29, 0.717) is 22.7 Å². The molecule has 0 atom stereocenters. The Balaban J connectivity index is 1.75. The van der Waals surface area contributed by atoms with Crippen LogP contribution in [0.15, 0.2) is 75.6 Å². The molecule has 0 spiro atoms. The number of hydrogen-bond acceptors (Lipinski definition) is 6. The minimum Gasteiger partial charge on any atom is -0.397 e. The smallest absolute Gasteiger partial charge is 0.397 e. The van der Waals surface area contributed by atoms with Crippen LogP contribution in [-0.4, -0.2) is 13.5 Å². The maximum Gasteiger partial charge on any atom is 0.416 e. The van der Waals surface area contributed by atoms with Crippen LogP contribution in [0, 0.1) is 6.92 Å². The SMILES string of the molecule is Cc1ccccc1/C(N)=C1C=C/C(=N\OS(=O)(=O)c2ccc(C(F)(F)F)cc2)S\1. The van der Waals surface area contributed by atoms with Crippen LogP contribution < -0.4 is 5.73 Å². The van der Waals surface area contributed by atoms with Crippen LogP contribution in [-0.2, 0) is 20.6 Å². The minimum absolute atomic E-state index is 0.243. The number of nitrogens with zero attached hydrogens (tertiary/aromatic N) is 1. The van der Waals surface area contributed by atoms with Crippen molar-refractivity contribution in [2.45, 2.75) is 18.0 Å². The Bertz CT molecular complexity index is 1120. The Kier molecular flexibility index (Phi) is 5.76. The zero-order valence-corrected chi connectivity index (χ0v) is 16.6. The Hall–Kier alpha value is -2.72. The molecule has 0 saturated carbocycles. The molecule has 1 heterocycles. The van der Waals surface area contributed by atoms with Crippen LogP contribution in [0.25, 0.3) is 5.70 Å². The molecule has 0 unspecified atom stereocenters. The highest BCUT2D eigenvalue weighted by atomic mass is 32.2. The van der Waals surface area contributed by atoms with Crippen molar-refractivity contribution in [2.75, 3.05) is 0 Å². The predicted molar refractivity (Wildman–Crippen MR) is 106 cm³/mol. The molecule has 152 valence electrons. The Labute approximate surface area is 169 Å². The first-order valence-corrected chi connectivity index (χ1v) is 10.4. The summed E-state index contributed by atoms with van der Waals surface area (Å²) < 4.78 is 66.7. The van der Waals surface area contributed by atoms with Crippen LogP contribution in [0.4, 0.5) is 13.2 Å². The van der Waals surface area contributed by atoms with Gasteiger partial charge in [0.25, 0.3) is 0 Å². The normalized spacial score (nSPS) is 17.6. The van der Waals surface area contributed by atoms with Gasteiger partial charge in [-0.1, -0.05) is 41.2 Å². The van der Waals surface area contributed by atoms with E-state index in [-0.39, 0.29) is 5.04 Å². The van der Waals surface area contributed by atoms with Gasteiger partial charge in [-0.3, -0.25) is 4.28 Å². The second kappa shape index (κ2) is 7.96. The van der Waals surface area contributed by atoms with E-state index < -0.39 is 26.8 Å². The average molecular weight is 440 g/mol. The van der Waals surface area contributed by atoms with Gasteiger partial charge in [0.15, 0.2) is 0 Å². The van der Waals surface area contributed by atoms with Gasteiger partial charge in [0, 0.05) is 10.5 Å². The molecular weight excluding hydrogens is 425 g/mol. The predicted octanol–water partition coefficient (Wildman–Crippen LogP) is 4.66. The standard InChI is InChI=1S/C19H15F3N2O3S2/c1-12-4-2-3-5-15(12)18(23)16-10-11-17(28-16)24-27-29(25,26)14-8-6-13(7-9-14)19(20,21)22/h2-11H,23H2,1H3/b18-16-,24-17+. The van der Waals surface area contributed by atoms with E-state index in [2.05, 4.69) is 9.44 Å². The highest BCUT2D eigenvalue weighted by Gasteiger charge is 2.31. The number of hydrogen-bond donors (Lipinski definition) is 1. The van der Waals surface area contributed by atoms with Crippen molar-refractivity contribution in [1.29, 1.82) is 0 Å². The third-order valence-corrected chi connectivity index (χ3v) is 6.10. The molecule has 2 aromatic carbocycles. The molecule has 0 bridgehead atoms. The summed E-state index contributed by atoms with van der Waals surface area (Å²) in [5, 5.41) is 3.83. The summed E-state index contributed by atoms with van der Waals surface area (Å²) in [6.07, 6.45) is -1.35. The number of benzene rings is 2. The summed E-state index contributed by atoms with van der Waals surface area (Å²) in [6.45, 7) is 1.92. The number of alkyl halides is 3. The molecule has 5 nitrogen and oxygen atoms in total. The molecule has 1 aliphatic heterocycles. The molecule has 0 fully saturated rings. The van der Waals surface area contributed by atoms with E-state index in [9.17, 15) is 21.6 Å². The topological polar surface area (TPSA) is 81.8 Å². The van der Waals surface area contributed by atoms with E-state index in [1.165, 1.54) is 6.08 Å². The Morgan fingerprint density at radius 2 is 1.72 bits per heavy atom. The van der Waals surface area contributed by atoms with Crippen molar-refractivity contribution in [3.63, 3.8) is 0 Å². The van der Waals surface area contributed by atoms with Crippen molar-refractivity contribution < 1.29 is 25.9 Å². The molecule has 0 radical (unpaired) electrons. The first-order chi connectivity index (χ1) is 13.6. The van der Waals surface area contributed by atoms with Gasteiger partial charge in [0.2, 0.25) is 0 Å². The number of thioether (sulfide) groups is 1. The summed E-state index contributed by atoms with van der Waals surface area (Å²) in [6, 6.07) is 10.5. The quantitative estimate of drug-likeness (QED) is 0.699. The molecule has 10 heteroatoms. The highest BCUT2D eigenvalue weighted by molar-refractivity contribution is 8.18. The summed E-state index contributed by atoms with van der Waals surface area (Å²) in [5.74, 6) is 0. The van der Waals surface area contributed by atoms with Crippen molar-refractivity contribution in [3.05, 3.63) is 82.3 Å². The van der Waals surface area contributed by atoms with E-state index >= 15 is 0 Å². The Morgan fingerprint density at radius 3 is 2.34 bits per heavy atom. The van der Waals surface area contributed by atoms with Crippen LogP contribution in [0.3, 0.4) is 0 Å². The monoisotopic (exact) mass is 440 g/mol. The number of rotatable bonds is 4. The van der Waals surface area contributed by atoms with Crippen molar-refractivity contribution in [1.82, 2.24) is 0 Å². The molecule has 29 heavy (non-hydrogen) atoms. The van der Waals surface area contributed by atoms with Gasteiger partial charge in [-0.2, -0.15) is 21.6 Å². The second-order valence-electron chi connectivity index (χ2n) is 6.01. The third-order valence-electron chi connectivity index (χ3n) is 3.99. The molecule has 0 aliphatic carbocycles. The van der Waals surface area contributed by atoms with E-state index in [1.807, 2.05) is 31.2 Å². The molecular formula is C19H15F3N2O3S2. The zero-order chi connectivity index (χ0) is 21.2. The largest absolute Gasteiger partial charge is 0.416 e. The van der Waals surface area contributed by atoms with Crippen molar-refractivity contribution >= 4 is 32.6 Å². The van der Waals surface area contributed by atoms with Crippen molar-refractivity contribution in [3.8, 4) is 0 Å². The van der Waals surface area contributed by atoms with Crippen molar-refractivity contribution in [2.24, 2.45) is 10.9 Å². The van der Waals surface area contributed by atoms with Gasteiger partial charge >= 0.3 is 16.3 Å². The fraction of sp³-hybridized carbons (Fsp3) is 0.105. The molecule has 0 amide bonds. The maximum absolute atomic E-state index is 12.6. The number of nitrogens with two attached hydrogens (primary N) is 1. The molecule has 3 rings (SSSR count). The van der Waals surface area contributed by atoms with E-state index in [4.69, 9.17) is 5.73 Å². The molecule has 2 N–H and O–H groups in total. The Morgan fingerprint density at radius 1 is 1.07 bits per heavy atom. The summed E-state index contributed by atoms with van der Waals surface area (Å²) in [5.41, 5.74) is 7.57. The fourth-order valence-corrected chi connectivity index (χ4v) is 4.04. The number of oxime groups is 1. The maximum atomic E-state index is 12.6. The molecule has 0 saturated heterocycles. The summed E-state index contributed by atoms with van der Waals surface area (Å²) >= 11 is 1.12. The van der Waals surface area contributed by atoms with Crippen LogP contribution in [0.5, 0.6) is 0 Å². The van der Waals surface area contributed by atoms with Crippen LogP contribution >= 0.6 is 11.8 Å². The van der Waals surface area contributed by atoms with Gasteiger partial charge in [-0.15, -0.1) is 0 Å². The fourth-order valence-electron chi connectivity index (χ4n) is 2.47. The van der Waals surface area contributed by atoms with Crippen LogP contribution in [0.2, 0.25) is 0 Å². The lowest BCUT2D eigenvalue weighted by molar-refractivity contribution is -0.137. The first-order valence-electron chi connectivity index (χ1n) is 8.18. The number of aryl methyl sites for hydroxylation is 1. The minimum atomic E-state index is -4.56. The highest BCUT2D eigenvalue weighted by Crippen LogP contribution is 2.33. The third kappa shape index (κ3) is 4.83. The number of halogens is 3. The average Bonchev–Trinajstić information content (AvgIpc) is 3.15. The van der Waals surface area contributed by atoms with Gasteiger partial charge in [0.1, 0.15) is 9.94 Å². The lowest BCUT2D eigenvalue weighted by atomic mass is 10.1. The summed E-state index contributed by atoms with van der Waals surface area (Å²) in [4.78, 5) is 0.241. The molecule has 1 aliphatic rings. The lowest BCUT2D eigenvalue weighted by Gasteiger charge is -2.08. The van der Waals surface area contributed by atoms with Gasteiger partial charge < -0.3 is 5.73 Å². The second-order valence-corrected chi connectivity index (χ2v) is 8.60. The number of allylic oxidation sites excluding steroid dienone is 1. The first kappa shape index (κ1) is 21.0. The van der Waals surface area contributed by atoms with Gasteiger partial charge in [-0.05, 0) is 48.9 Å².